The van der Waals surface area contributed by atoms with Crippen molar-refractivity contribution in [3.8, 4) is 11.5 Å². The highest BCUT2D eigenvalue weighted by atomic mass is 32.2. The average molecular weight is 612 g/mol. The van der Waals surface area contributed by atoms with Crippen LogP contribution < -0.4 is 19.5 Å². The van der Waals surface area contributed by atoms with E-state index in [2.05, 4.69) is 10.0 Å². The van der Waals surface area contributed by atoms with Crippen LogP contribution in [0.15, 0.2) is 70.5 Å². The van der Waals surface area contributed by atoms with Crippen molar-refractivity contribution in [3.63, 3.8) is 0 Å². The van der Waals surface area contributed by atoms with Gasteiger partial charge in [-0.05, 0) is 73.5 Å². The number of sulfonamides is 1. The smallest absolute Gasteiger partial charge is 0.261 e. The number of anilines is 1. The van der Waals surface area contributed by atoms with Crippen molar-refractivity contribution < 1.29 is 27.5 Å². The molecular weight excluding hydrogens is 574 g/mol. The summed E-state index contributed by atoms with van der Waals surface area (Å²) in [7, 11) is -0.972. The topological polar surface area (TPSA) is 114 Å². The third kappa shape index (κ3) is 7.57. The largest absolute Gasteiger partial charge is 0.493 e. The zero-order valence-electron chi connectivity index (χ0n) is 24.1. The molecule has 2 N–H and O–H groups in total. The van der Waals surface area contributed by atoms with E-state index in [4.69, 9.17) is 9.47 Å². The lowest BCUT2D eigenvalue weighted by molar-refractivity contribution is 0.0757. The van der Waals surface area contributed by atoms with Crippen molar-refractivity contribution in [1.82, 2.24) is 10.2 Å². The lowest BCUT2D eigenvalue weighted by Crippen LogP contribution is -2.32. The summed E-state index contributed by atoms with van der Waals surface area (Å²) >= 11 is 1.40. The van der Waals surface area contributed by atoms with E-state index in [1.807, 2.05) is 23.3 Å². The summed E-state index contributed by atoms with van der Waals surface area (Å²) in [6.45, 7) is 1.65. The highest BCUT2D eigenvalue weighted by molar-refractivity contribution is 7.98. The molecule has 3 aromatic carbocycles. The highest BCUT2D eigenvalue weighted by Gasteiger charge is 2.24. The van der Waals surface area contributed by atoms with Gasteiger partial charge in [-0.3, -0.25) is 14.3 Å². The molecule has 0 bridgehead atoms. The van der Waals surface area contributed by atoms with Crippen LogP contribution in [0.1, 0.15) is 52.0 Å². The van der Waals surface area contributed by atoms with Crippen molar-refractivity contribution in [3.05, 3.63) is 77.4 Å². The summed E-state index contributed by atoms with van der Waals surface area (Å²) in [6, 6.07) is 16.6. The standard InChI is InChI=1S/C31H37N3O6S2/c1-39-27-14-12-22(20-28(27)40-2)16-17-32-30(35)24-10-6-7-11-26(24)33-42(37,38)23-13-15-29(41-3)25(21-23)31(36)34-18-8-4-5-9-19-34/h6-7,10-15,20-21,33H,4-5,8-9,16-19H2,1-3H3,(H,32,35). The molecule has 0 aromatic heterocycles. The summed E-state index contributed by atoms with van der Waals surface area (Å²) < 4.78 is 40.2. The van der Waals surface area contributed by atoms with E-state index in [0.29, 0.717) is 43.1 Å². The number of methoxy groups -OCH3 is 2. The third-order valence-electron chi connectivity index (χ3n) is 7.17. The molecule has 3 aromatic rings. The molecule has 0 radical (unpaired) electrons. The lowest BCUT2D eigenvalue weighted by Gasteiger charge is -2.22. The molecule has 9 nitrogen and oxygen atoms in total. The summed E-state index contributed by atoms with van der Waals surface area (Å²) in [5.74, 6) is 0.645. The minimum Gasteiger partial charge on any atom is -0.493 e. The van der Waals surface area contributed by atoms with Gasteiger partial charge in [0.25, 0.3) is 21.8 Å². The number of amides is 2. The van der Waals surface area contributed by atoms with E-state index in [9.17, 15) is 18.0 Å². The van der Waals surface area contributed by atoms with Crippen LogP contribution in [-0.2, 0) is 16.4 Å². The van der Waals surface area contributed by atoms with Gasteiger partial charge in [0.15, 0.2) is 11.5 Å². The Balaban J connectivity index is 1.49. The highest BCUT2D eigenvalue weighted by Crippen LogP contribution is 2.29. The fourth-order valence-corrected chi connectivity index (χ4v) is 6.57. The molecule has 0 atom stereocenters. The van der Waals surface area contributed by atoms with Crippen molar-refractivity contribution >= 4 is 39.3 Å². The maximum absolute atomic E-state index is 13.5. The first-order valence-electron chi connectivity index (χ1n) is 13.9. The number of hydrogen-bond acceptors (Lipinski definition) is 7. The number of carbonyl (C=O) groups is 2. The van der Waals surface area contributed by atoms with Gasteiger partial charge in [0.2, 0.25) is 0 Å². The Labute approximate surface area is 252 Å². The fourth-order valence-electron chi connectivity index (χ4n) is 4.89. The molecule has 4 rings (SSSR count). The average Bonchev–Trinajstić information content (AvgIpc) is 3.30. The zero-order chi connectivity index (χ0) is 30.1. The molecule has 1 heterocycles. The van der Waals surface area contributed by atoms with Crippen molar-refractivity contribution in [1.29, 1.82) is 0 Å². The molecule has 0 unspecified atom stereocenters. The molecule has 11 heteroatoms. The molecule has 42 heavy (non-hydrogen) atoms. The van der Waals surface area contributed by atoms with Crippen LogP contribution in [0.25, 0.3) is 0 Å². The first-order valence-corrected chi connectivity index (χ1v) is 16.6. The van der Waals surface area contributed by atoms with Crippen LogP contribution in [0.4, 0.5) is 5.69 Å². The normalized spacial score (nSPS) is 13.6. The number of benzene rings is 3. The fraction of sp³-hybridized carbons (Fsp3) is 0.355. The summed E-state index contributed by atoms with van der Waals surface area (Å²) in [4.78, 5) is 29.0. The summed E-state index contributed by atoms with van der Waals surface area (Å²) in [6.07, 6.45) is 6.44. The third-order valence-corrected chi connectivity index (χ3v) is 9.33. The maximum atomic E-state index is 13.5. The summed E-state index contributed by atoms with van der Waals surface area (Å²) in [5.41, 5.74) is 1.65. The van der Waals surface area contributed by atoms with E-state index >= 15 is 0 Å². The first kappa shape index (κ1) is 31.2. The van der Waals surface area contributed by atoms with Gasteiger partial charge < -0.3 is 19.7 Å². The van der Waals surface area contributed by atoms with Gasteiger partial charge in [-0.25, -0.2) is 8.42 Å². The monoisotopic (exact) mass is 611 g/mol. The second-order valence-electron chi connectivity index (χ2n) is 9.91. The van der Waals surface area contributed by atoms with Crippen LogP contribution in [0, 0.1) is 0 Å². The number of para-hydroxylation sites is 1. The van der Waals surface area contributed by atoms with Gasteiger partial charge in [0.1, 0.15) is 0 Å². The van der Waals surface area contributed by atoms with E-state index in [0.717, 1.165) is 36.1 Å². The number of hydrogen-bond donors (Lipinski definition) is 2. The van der Waals surface area contributed by atoms with Gasteiger partial charge in [0, 0.05) is 24.5 Å². The minimum atomic E-state index is -4.10. The second kappa shape index (κ2) is 14.5. The van der Waals surface area contributed by atoms with E-state index < -0.39 is 15.9 Å². The number of carbonyl (C=O) groups excluding carboxylic acids is 2. The molecule has 1 aliphatic heterocycles. The van der Waals surface area contributed by atoms with Crippen LogP contribution in [0.3, 0.4) is 0 Å². The molecule has 2 amide bonds. The van der Waals surface area contributed by atoms with Gasteiger partial charge in [0.05, 0.1) is 35.9 Å². The predicted octanol–water partition coefficient (Wildman–Crippen LogP) is 5.22. The van der Waals surface area contributed by atoms with Crippen molar-refractivity contribution in [2.75, 3.05) is 44.8 Å². The van der Waals surface area contributed by atoms with Crippen molar-refractivity contribution in [2.24, 2.45) is 0 Å². The van der Waals surface area contributed by atoms with Gasteiger partial charge in [-0.2, -0.15) is 0 Å². The molecule has 1 fully saturated rings. The predicted molar refractivity (Wildman–Crippen MR) is 165 cm³/mol. The Kier molecular flexibility index (Phi) is 10.8. The minimum absolute atomic E-state index is 0.0397. The van der Waals surface area contributed by atoms with Gasteiger partial charge in [-0.1, -0.05) is 31.0 Å². The molecule has 0 aliphatic carbocycles. The Morgan fingerprint density at radius 2 is 1.60 bits per heavy atom. The number of rotatable bonds is 11. The molecule has 0 spiro atoms. The van der Waals surface area contributed by atoms with Crippen LogP contribution >= 0.6 is 11.8 Å². The number of nitrogens with one attached hydrogen (secondary N) is 2. The Morgan fingerprint density at radius 3 is 2.29 bits per heavy atom. The molecule has 0 saturated carbocycles. The summed E-state index contributed by atoms with van der Waals surface area (Å²) in [5, 5.41) is 2.86. The van der Waals surface area contributed by atoms with Crippen LogP contribution in [-0.4, -0.2) is 65.2 Å². The van der Waals surface area contributed by atoms with Crippen molar-refractivity contribution in [2.45, 2.75) is 41.9 Å². The maximum Gasteiger partial charge on any atom is 0.261 e. The Hall–Kier alpha value is -3.70. The number of ether oxygens (including phenoxy) is 2. The van der Waals surface area contributed by atoms with Crippen LogP contribution in [0.5, 0.6) is 11.5 Å². The van der Waals surface area contributed by atoms with E-state index in [1.165, 1.54) is 23.9 Å². The molecule has 224 valence electrons. The second-order valence-corrected chi connectivity index (χ2v) is 12.4. The Bertz CT molecular complexity index is 1520. The molecular formula is C31H37N3O6S2. The quantitative estimate of drug-likeness (QED) is 0.286. The first-order chi connectivity index (χ1) is 20.3. The molecule has 1 saturated heterocycles. The number of likely N-dealkylation sites (tertiary alicyclic amines) is 1. The van der Waals surface area contributed by atoms with E-state index in [-0.39, 0.29) is 22.1 Å². The van der Waals surface area contributed by atoms with Gasteiger partial charge >= 0.3 is 0 Å². The number of thioether (sulfide) groups is 1. The SMILES string of the molecule is COc1ccc(CCNC(=O)c2ccccc2NS(=O)(=O)c2ccc(SC)c(C(=O)N3CCCCCC3)c2)cc1OC. The van der Waals surface area contributed by atoms with Gasteiger partial charge in [-0.15, -0.1) is 11.8 Å². The lowest BCUT2D eigenvalue weighted by atomic mass is 10.1. The number of nitrogens with zero attached hydrogens (tertiary/aromatic N) is 1. The zero-order valence-corrected chi connectivity index (χ0v) is 25.8. The molecule has 1 aliphatic rings. The Morgan fingerprint density at radius 1 is 0.881 bits per heavy atom. The van der Waals surface area contributed by atoms with E-state index in [1.54, 1.807) is 50.6 Å². The van der Waals surface area contributed by atoms with Crippen LogP contribution in [0.2, 0.25) is 0 Å².